The summed E-state index contributed by atoms with van der Waals surface area (Å²) in [5, 5.41) is 8.30. The third-order valence-electron chi connectivity index (χ3n) is 4.71. The Morgan fingerprint density at radius 1 is 1.08 bits per heavy atom. The molecule has 5 N–H and O–H groups in total. The van der Waals surface area contributed by atoms with E-state index in [9.17, 15) is 26.7 Å². The molecule has 0 aliphatic carbocycles. The van der Waals surface area contributed by atoms with Gasteiger partial charge in [0.25, 0.3) is 0 Å². The number of rotatable bonds is 8. The fraction of sp³-hybridized carbons (Fsp3) is 0.154. The maximum atomic E-state index is 14.3. The van der Waals surface area contributed by atoms with Crippen molar-refractivity contribution in [3.8, 4) is 11.1 Å². The standard InChI is InChI=1S/C24H20F5N7O.C2H6/c1-3-20(37)33-14-5-4-6-15(9-14)34-22-17(12-32-23(36-22)35-16(10-30)11-31-2)13-7-18(25)21(19(26)8-13)24(27,28)29;1-2/h3-12H,1,30H2,2H3,(H,33,37)(H2,32,34,35,36);1-2H3/b16-10+,31-11?;. The van der Waals surface area contributed by atoms with Crippen LogP contribution in [0.5, 0.6) is 0 Å². The summed E-state index contributed by atoms with van der Waals surface area (Å²) in [6.07, 6.45) is -0.392. The second kappa shape index (κ2) is 13.7. The van der Waals surface area contributed by atoms with Crippen LogP contribution in [0.15, 0.2) is 72.1 Å². The Morgan fingerprint density at radius 3 is 2.28 bits per heavy atom. The number of anilines is 4. The van der Waals surface area contributed by atoms with E-state index in [4.69, 9.17) is 5.73 Å². The molecule has 1 heterocycles. The number of hydrogen-bond acceptors (Lipinski definition) is 7. The van der Waals surface area contributed by atoms with E-state index in [1.54, 1.807) is 18.2 Å². The van der Waals surface area contributed by atoms with E-state index >= 15 is 0 Å². The van der Waals surface area contributed by atoms with E-state index in [1.807, 2.05) is 13.8 Å². The number of allylic oxidation sites excluding steroid dienone is 1. The Kier molecular flexibility index (Phi) is 10.6. The highest BCUT2D eigenvalue weighted by atomic mass is 19.4. The number of carbonyl (C=O) groups excluding carboxylic acids is 1. The van der Waals surface area contributed by atoms with Crippen LogP contribution in [0.1, 0.15) is 19.4 Å². The molecule has 3 rings (SSSR count). The molecule has 206 valence electrons. The smallest absolute Gasteiger partial charge is 0.403 e. The second-order valence-electron chi connectivity index (χ2n) is 7.30. The van der Waals surface area contributed by atoms with Crippen LogP contribution >= 0.6 is 0 Å². The summed E-state index contributed by atoms with van der Waals surface area (Å²) >= 11 is 0. The average Bonchev–Trinajstić information content (AvgIpc) is 2.88. The molecule has 0 aliphatic rings. The van der Waals surface area contributed by atoms with Gasteiger partial charge in [0.15, 0.2) is 0 Å². The first-order valence-electron chi connectivity index (χ1n) is 11.4. The normalized spacial score (nSPS) is 11.4. The zero-order valence-electron chi connectivity index (χ0n) is 21.2. The zero-order chi connectivity index (χ0) is 29.2. The quantitative estimate of drug-likeness (QED) is 0.151. The molecule has 0 unspecified atom stereocenters. The lowest BCUT2D eigenvalue weighted by molar-refractivity contribution is -0.142. The van der Waals surface area contributed by atoms with Gasteiger partial charge in [0.2, 0.25) is 11.9 Å². The van der Waals surface area contributed by atoms with Crippen molar-refractivity contribution in [2.24, 2.45) is 10.7 Å². The van der Waals surface area contributed by atoms with Gasteiger partial charge in [0, 0.05) is 42.6 Å². The van der Waals surface area contributed by atoms with Crippen molar-refractivity contribution in [3.63, 3.8) is 0 Å². The summed E-state index contributed by atoms with van der Waals surface area (Å²) in [5.41, 5.74) is 4.36. The number of benzene rings is 2. The van der Waals surface area contributed by atoms with Gasteiger partial charge in [-0.1, -0.05) is 26.5 Å². The van der Waals surface area contributed by atoms with Crippen molar-refractivity contribution < 1.29 is 26.7 Å². The van der Waals surface area contributed by atoms with Gasteiger partial charge in [-0.2, -0.15) is 18.2 Å². The lowest BCUT2D eigenvalue weighted by Crippen LogP contribution is -2.12. The summed E-state index contributed by atoms with van der Waals surface area (Å²) in [6.45, 7) is 7.38. The van der Waals surface area contributed by atoms with E-state index in [0.29, 0.717) is 29.2 Å². The van der Waals surface area contributed by atoms with Crippen molar-refractivity contribution in [3.05, 3.63) is 84.3 Å². The number of nitrogens with zero attached hydrogens (tertiary/aromatic N) is 3. The van der Waals surface area contributed by atoms with Crippen LogP contribution in [0.3, 0.4) is 0 Å². The van der Waals surface area contributed by atoms with Crippen LogP contribution in [0.4, 0.5) is 45.1 Å². The molecule has 3 aromatic rings. The number of hydrogen-bond donors (Lipinski definition) is 4. The second-order valence-corrected chi connectivity index (χ2v) is 7.30. The molecule has 13 heteroatoms. The number of halogens is 5. The molecule has 0 saturated carbocycles. The molecular weight excluding hydrogens is 521 g/mol. The predicted molar refractivity (Wildman–Crippen MR) is 143 cm³/mol. The van der Waals surface area contributed by atoms with Gasteiger partial charge < -0.3 is 21.7 Å². The minimum Gasteiger partial charge on any atom is -0.403 e. The van der Waals surface area contributed by atoms with Crippen molar-refractivity contribution in [1.29, 1.82) is 0 Å². The van der Waals surface area contributed by atoms with E-state index in [1.165, 1.54) is 31.7 Å². The first kappa shape index (κ1) is 30.4. The zero-order valence-corrected chi connectivity index (χ0v) is 21.2. The van der Waals surface area contributed by atoms with Crippen LogP contribution in [0, 0.1) is 11.6 Å². The minimum absolute atomic E-state index is 0.00757. The van der Waals surface area contributed by atoms with Crippen LogP contribution in [0.2, 0.25) is 0 Å². The van der Waals surface area contributed by atoms with Crippen molar-refractivity contribution in [2.75, 3.05) is 23.0 Å². The van der Waals surface area contributed by atoms with Gasteiger partial charge in [-0.15, -0.1) is 0 Å². The number of nitrogens with one attached hydrogen (secondary N) is 3. The number of amides is 1. The largest absolute Gasteiger partial charge is 0.422 e. The van der Waals surface area contributed by atoms with Crippen LogP contribution in [-0.4, -0.2) is 29.1 Å². The average molecular weight is 548 g/mol. The van der Waals surface area contributed by atoms with Gasteiger partial charge in [-0.05, 0) is 42.0 Å². The van der Waals surface area contributed by atoms with Crippen LogP contribution in [0.25, 0.3) is 11.1 Å². The van der Waals surface area contributed by atoms with E-state index in [2.05, 4.69) is 37.5 Å². The summed E-state index contributed by atoms with van der Waals surface area (Å²) in [4.78, 5) is 23.8. The molecule has 0 saturated heterocycles. The summed E-state index contributed by atoms with van der Waals surface area (Å²) in [6, 6.07) is 7.42. The Hall–Kier alpha value is -4.81. The molecule has 0 atom stereocenters. The third kappa shape index (κ3) is 8.09. The maximum Gasteiger partial charge on any atom is 0.422 e. The lowest BCUT2D eigenvalue weighted by atomic mass is 10.0. The predicted octanol–water partition coefficient (Wildman–Crippen LogP) is 6.25. The molecule has 0 aliphatic heterocycles. The highest BCUT2D eigenvalue weighted by Crippen LogP contribution is 2.37. The molecule has 2 aromatic carbocycles. The van der Waals surface area contributed by atoms with Crippen molar-refractivity contribution >= 4 is 35.3 Å². The summed E-state index contributed by atoms with van der Waals surface area (Å²) in [5.74, 6) is -4.07. The summed E-state index contributed by atoms with van der Waals surface area (Å²) < 4.78 is 67.8. The van der Waals surface area contributed by atoms with Gasteiger partial charge >= 0.3 is 6.18 Å². The van der Waals surface area contributed by atoms with E-state index in [-0.39, 0.29) is 22.9 Å². The van der Waals surface area contributed by atoms with Gasteiger partial charge in [0.1, 0.15) is 23.0 Å². The van der Waals surface area contributed by atoms with Gasteiger partial charge in [-0.3, -0.25) is 9.79 Å². The van der Waals surface area contributed by atoms with Gasteiger partial charge in [-0.25, -0.2) is 13.8 Å². The fourth-order valence-corrected chi connectivity index (χ4v) is 3.14. The topological polar surface area (TPSA) is 117 Å². The molecule has 1 aromatic heterocycles. The Morgan fingerprint density at radius 2 is 1.72 bits per heavy atom. The Bertz CT molecular complexity index is 1360. The van der Waals surface area contributed by atoms with Gasteiger partial charge in [0.05, 0.1) is 5.70 Å². The number of nitrogens with two attached hydrogens (primary N) is 1. The molecular formula is C26H26F5N7O. The monoisotopic (exact) mass is 547 g/mol. The molecule has 1 amide bonds. The highest BCUT2D eigenvalue weighted by Gasteiger charge is 2.38. The Labute approximate surface area is 221 Å². The highest BCUT2D eigenvalue weighted by molar-refractivity contribution is 5.99. The number of carbonyl (C=O) groups is 1. The van der Waals surface area contributed by atoms with Crippen molar-refractivity contribution in [1.82, 2.24) is 9.97 Å². The number of aliphatic imine (C=N–C) groups is 1. The number of alkyl halides is 3. The molecule has 0 bridgehead atoms. The SMILES string of the molecule is C=CC(=O)Nc1cccc(Nc2nc(N/C(C=NC)=C/N)ncc2-c2cc(F)c(C(F)(F)F)c(F)c2)c1.CC. The number of aromatic nitrogens is 2. The molecule has 0 fully saturated rings. The molecule has 39 heavy (non-hydrogen) atoms. The van der Waals surface area contributed by atoms with E-state index < -0.39 is 29.3 Å². The maximum absolute atomic E-state index is 14.3. The third-order valence-corrected chi connectivity index (χ3v) is 4.71. The first-order chi connectivity index (χ1) is 18.5. The fourth-order valence-electron chi connectivity index (χ4n) is 3.14. The minimum atomic E-state index is -5.22. The summed E-state index contributed by atoms with van der Waals surface area (Å²) in [7, 11) is 1.51. The van der Waals surface area contributed by atoms with E-state index in [0.717, 1.165) is 6.08 Å². The Balaban J connectivity index is 0.00000260. The van der Waals surface area contributed by atoms with Crippen molar-refractivity contribution in [2.45, 2.75) is 20.0 Å². The molecule has 0 radical (unpaired) electrons. The lowest BCUT2D eigenvalue weighted by Gasteiger charge is -2.16. The van der Waals surface area contributed by atoms with Crippen LogP contribution in [-0.2, 0) is 11.0 Å². The first-order valence-corrected chi connectivity index (χ1v) is 11.4. The molecule has 0 spiro atoms. The molecule has 8 nitrogen and oxygen atoms in total. The van der Waals surface area contributed by atoms with Crippen LogP contribution < -0.4 is 21.7 Å².